The molecule has 0 amide bonds. The van der Waals surface area contributed by atoms with E-state index in [4.69, 9.17) is 21.1 Å². The van der Waals surface area contributed by atoms with Crippen LogP contribution in [0.1, 0.15) is 45.3 Å². The average Bonchev–Trinajstić information content (AvgIpc) is 3.22. The number of rotatable bonds is 7. The van der Waals surface area contributed by atoms with E-state index in [9.17, 15) is 9.59 Å². The van der Waals surface area contributed by atoms with Gasteiger partial charge in [-0.3, -0.25) is 9.59 Å². The monoisotopic (exact) mass is 391 g/mol. The van der Waals surface area contributed by atoms with Crippen LogP contribution in [-0.2, 0) is 14.3 Å². The lowest BCUT2D eigenvalue weighted by Crippen LogP contribution is -2.47. The average molecular weight is 392 g/mol. The second kappa shape index (κ2) is 8.52. The molecule has 2 aromatic rings. The van der Waals surface area contributed by atoms with Gasteiger partial charge in [0.05, 0.1) is 6.61 Å². The molecular weight excluding hydrogens is 370 g/mol. The molecule has 0 saturated heterocycles. The fraction of sp³-hybridized carbons (Fsp3) is 0.474. The summed E-state index contributed by atoms with van der Waals surface area (Å²) in [6.07, 6.45) is 5.06. The predicted molar refractivity (Wildman–Crippen MR) is 98.3 cm³/mol. The standard InChI is InChI=1S/C19H22ClN3O4/c1-2-26-18(25)19(10-4-3-5-11-19)16(24)17(23-13-21-12-22-23)27-15-8-6-14(20)7-9-15/h6-9,12-13,17H,2-5,10-11H2,1H3. The topological polar surface area (TPSA) is 83.3 Å². The Kier molecular flexibility index (Phi) is 6.11. The van der Waals surface area contributed by atoms with E-state index in [1.165, 1.54) is 17.3 Å². The third-order valence-electron chi connectivity index (χ3n) is 4.81. The van der Waals surface area contributed by atoms with Gasteiger partial charge in [-0.15, -0.1) is 0 Å². The Morgan fingerprint density at radius 2 is 1.93 bits per heavy atom. The van der Waals surface area contributed by atoms with Crippen molar-refractivity contribution in [2.75, 3.05) is 6.61 Å². The molecule has 1 aliphatic carbocycles. The summed E-state index contributed by atoms with van der Waals surface area (Å²) in [5.41, 5.74) is -1.22. The molecule has 0 radical (unpaired) electrons. The van der Waals surface area contributed by atoms with Crippen molar-refractivity contribution in [3.05, 3.63) is 41.9 Å². The molecule has 0 N–H and O–H groups in total. The van der Waals surface area contributed by atoms with E-state index in [1.807, 2.05) is 0 Å². The van der Waals surface area contributed by atoms with Gasteiger partial charge < -0.3 is 9.47 Å². The molecule has 1 unspecified atom stereocenters. The minimum atomic E-state index is -1.22. The first-order valence-electron chi connectivity index (χ1n) is 9.05. The zero-order valence-electron chi connectivity index (χ0n) is 15.1. The molecule has 27 heavy (non-hydrogen) atoms. The molecular formula is C19H22ClN3O4. The van der Waals surface area contributed by atoms with Crippen LogP contribution in [-0.4, -0.2) is 33.1 Å². The molecule has 1 fully saturated rings. The highest BCUT2D eigenvalue weighted by Crippen LogP contribution is 2.41. The van der Waals surface area contributed by atoms with E-state index in [1.54, 1.807) is 31.2 Å². The van der Waals surface area contributed by atoms with Crippen LogP contribution in [0, 0.1) is 5.41 Å². The van der Waals surface area contributed by atoms with Crippen LogP contribution in [0.3, 0.4) is 0 Å². The normalized spacial score (nSPS) is 17.1. The highest BCUT2D eigenvalue weighted by atomic mass is 35.5. The lowest BCUT2D eigenvalue weighted by atomic mass is 9.70. The molecule has 1 aromatic heterocycles. The number of benzene rings is 1. The van der Waals surface area contributed by atoms with Crippen molar-refractivity contribution in [3.8, 4) is 5.75 Å². The molecule has 1 atom stereocenters. The molecule has 0 aliphatic heterocycles. The number of carbonyl (C=O) groups is 2. The number of hydrogen-bond acceptors (Lipinski definition) is 6. The van der Waals surface area contributed by atoms with E-state index in [2.05, 4.69) is 10.1 Å². The zero-order valence-corrected chi connectivity index (χ0v) is 15.9. The number of carbonyl (C=O) groups excluding carboxylic acids is 2. The molecule has 0 spiro atoms. The molecule has 1 heterocycles. The summed E-state index contributed by atoms with van der Waals surface area (Å²) in [6, 6.07) is 6.66. The Morgan fingerprint density at radius 1 is 1.22 bits per heavy atom. The number of hydrogen-bond donors (Lipinski definition) is 0. The third kappa shape index (κ3) is 4.13. The number of ether oxygens (including phenoxy) is 2. The minimum Gasteiger partial charge on any atom is -0.465 e. The van der Waals surface area contributed by atoms with E-state index < -0.39 is 17.6 Å². The van der Waals surface area contributed by atoms with Gasteiger partial charge in [0.1, 0.15) is 23.8 Å². The number of Topliss-reactive ketones (excluding diaryl/α,β-unsaturated/α-hetero) is 1. The fourth-order valence-corrected chi connectivity index (χ4v) is 3.55. The summed E-state index contributed by atoms with van der Waals surface area (Å²) in [6.45, 7) is 1.96. The minimum absolute atomic E-state index is 0.222. The summed E-state index contributed by atoms with van der Waals surface area (Å²) in [7, 11) is 0. The van der Waals surface area contributed by atoms with E-state index in [0.717, 1.165) is 19.3 Å². The van der Waals surface area contributed by atoms with Gasteiger partial charge in [-0.2, -0.15) is 5.10 Å². The quantitative estimate of drug-likeness (QED) is 0.529. The van der Waals surface area contributed by atoms with Crippen molar-refractivity contribution in [1.82, 2.24) is 14.8 Å². The van der Waals surface area contributed by atoms with Gasteiger partial charge >= 0.3 is 5.97 Å². The number of aromatic nitrogens is 3. The third-order valence-corrected chi connectivity index (χ3v) is 5.06. The Hall–Kier alpha value is -2.41. The number of halogens is 1. The molecule has 1 aromatic carbocycles. The highest BCUT2D eigenvalue weighted by molar-refractivity contribution is 6.30. The van der Waals surface area contributed by atoms with Gasteiger partial charge in [0, 0.05) is 5.02 Å². The highest BCUT2D eigenvalue weighted by Gasteiger charge is 2.51. The Bertz CT molecular complexity index is 771. The van der Waals surface area contributed by atoms with Crippen LogP contribution in [0.4, 0.5) is 0 Å². The molecule has 1 saturated carbocycles. The summed E-state index contributed by atoms with van der Waals surface area (Å²) in [5.74, 6) is -0.399. The second-order valence-electron chi connectivity index (χ2n) is 6.53. The SMILES string of the molecule is CCOC(=O)C1(C(=O)C(Oc2ccc(Cl)cc2)n2cncn2)CCCCC1. The fourth-order valence-electron chi connectivity index (χ4n) is 3.42. The van der Waals surface area contributed by atoms with Gasteiger partial charge in [0.15, 0.2) is 0 Å². The molecule has 8 heteroatoms. The number of esters is 1. The van der Waals surface area contributed by atoms with Crippen molar-refractivity contribution in [2.24, 2.45) is 5.41 Å². The van der Waals surface area contributed by atoms with Crippen molar-refractivity contribution < 1.29 is 19.1 Å². The number of nitrogens with zero attached hydrogens (tertiary/aromatic N) is 3. The van der Waals surface area contributed by atoms with Crippen molar-refractivity contribution in [3.63, 3.8) is 0 Å². The van der Waals surface area contributed by atoms with Crippen molar-refractivity contribution in [2.45, 2.75) is 45.3 Å². The van der Waals surface area contributed by atoms with Crippen LogP contribution in [0.15, 0.2) is 36.9 Å². The zero-order chi connectivity index (χ0) is 19.3. The maximum atomic E-state index is 13.6. The molecule has 144 valence electrons. The molecule has 7 nitrogen and oxygen atoms in total. The summed E-state index contributed by atoms with van der Waals surface area (Å²) in [5, 5.41) is 4.62. The van der Waals surface area contributed by atoms with Gasteiger partial charge in [-0.05, 0) is 44.0 Å². The van der Waals surface area contributed by atoms with Crippen LogP contribution in [0.5, 0.6) is 5.75 Å². The Balaban J connectivity index is 1.95. The Labute approximate surface area is 162 Å². The van der Waals surface area contributed by atoms with Gasteiger partial charge in [0.25, 0.3) is 6.23 Å². The first-order valence-corrected chi connectivity index (χ1v) is 9.42. The summed E-state index contributed by atoms with van der Waals surface area (Å²) in [4.78, 5) is 30.2. The van der Waals surface area contributed by atoms with Crippen molar-refractivity contribution in [1.29, 1.82) is 0 Å². The second-order valence-corrected chi connectivity index (χ2v) is 6.96. The van der Waals surface area contributed by atoms with E-state index in [0.29, 0.717) is 23.6 Å². The molecule has 0 bridgehead atoms. The maximum absolute atomic E-state index is 13.6. The largest absolute Gasteiger partial charge is 0.465 e. The van der Waals surface area contributed by atoms with Crippen LogP contribution < -0.4 is 4.74 Å². The van der Waals surface area contributed by atoms with Crippen LogP contribution in [0.2, 0.25) is 5.02 Å². The number of ketones is 1. The molecule has 3 rings (SSSR count). The van der Waals surface area contributed by atoms with Crippen molar-refractivity contribution >= 4 is 23.4 Å². The Morgan fingerprint density at radius 3 is 2.52 bits per heavy atom. The lowest BCUT2D eigenvalue weighted by Gasteiger charge is -2.35. The van der Waals surface area contributed by atoms with Gasteiger partial charge in [-0.25, -0.2) is 9.67 Å². The first-order chi connectivity index (χ1) is 13.1. The maximum Gasteiger partial charge on any atom is 0.319 e. The molecule has 1 aliphatic rings. The van der Waals surface area contributed by atoms with Gasteiger partial charge in [0.2, 0.25) is 5.78 Å². The summed E-state index contributed by atoms with van der Waals surface area (Å²) < 4.78 is 12.5. The first kappa shape index (κ1) is 19.4. The lowest BCUT2D eigenvalue weighted by molar-refractivity contribution is -0.167. The summed E-state index contributed by atoms with van der Waals surface area (Å²) >= 11 is 5.92. The van der Waals surface area contributed by atoms with Crippen LogP contribution in [0.25, 0.3) is 0 Å². The van der Waals surface area contributed by atoms with E-state index >= 15 is 0 Å². The van der Waals surface area contributed by atoms with E-state index in [-0.39, 0.29) is 12.4 Å². The predicted octanol–water partition coefficient (Wildman–Crippen LogP) is 3.59. The van der Waals surface area contributed by atoms with Gasteiger partial charge in [-0.1, -0.05) is 30.9 Å². The smallest absolute Gasteiger partial charge is 0.319 e. The van der Waals surface area contributed by atoms with Crippen LogP contribution >= 0.6 is 11.6 Å².